The van der Waals surface area contributed by atoms with Gasteiger partial charge in [0.1, 0.15) is 5.82 Å². The van der Waals surface area contributed by atoms with Gasteiger partial charge in [-0.2, -0.15) is 0 Å². The quantitative estimate of drug-likeness (QED) is 0.751. The van der Waals surface area contributed by atoms with Crippen molar-refractivity contribution in [2.24, 2.45) is 0 Å². The fourth-order valence-electron chi connectivity index (χ4n) is 2.42. The monoisotopic (exact) mass is 372 g/mol. The second-order valence-electron chi connectivity index (χ2n) is 5.18. The van der Waals surface area contributed by atoms with E-state index in [0.717, 1.165) is 20.9 Å². The number of fused-ring (bicyclic) bond motifs is 1. The van der Waals surface area contributed by atoms with Gasteiger partial charge in [-0.1, -0.05) is 40.2 Å². The highest BCUT2D eigenvalue weighted by molar-refractivity contribution is 9.10. The summed E-state index contributed by atoms with van der Waals surface area (Å²) < 4.78 is 14.5. The van der Waals surface area contributed by atoms with Crippen LogP contribution in [0.5, 0.6) is 0 Å². The van der Waals surface area contributed by atoms with Crippen molar-refractivity contribution in [1.29, 1.82) is 0 Å². The molecule has 1 N–H and O–H groups in total. The second kappa shape index (κ2) is 6.87. The van der Waals surface area contributed by atoms with Gasteiger partial charge in [-0.15, -0.1) is 0 Å². The van der Waals surface area contributed by atoms with Crippen LogP contribution in [0.1, 0.15) is 11.1 Å². The van der Waals surface area contributed by atoms with E-state index in [2.05, 4.69) is 26.2 Å². The smallest absolute Gasteiger partial charge is 0.224 e. The zero-order chi connectivity index (χ0) is 16.2. The molecule has 1 heterocycles. The van der Waals surface area contributed by atoms with Crippen LogP contribution in [0.25, 0.3) is 10.9 Å². The maximum atomic E-state index is 13.7. The molecule has 0 aliphatic carbocycles. The lowest BCUT2D eigenvalue weighted by Gasteiger charge is -2.08. The molecule has 0 saturated heterocycles. The van der Waals surface area contributed by atoms with Crippen molar-refractivity contribution in [2.45, 2.75) is 13.0 Å². The van der Waals surface area contributed by atoms with Crippen LogP contribution in [0, 0.1) is 5.82 Å². The summed E-state index contributed by atoms with van der Waals surface area (Å²) in [7, 11) is 0. The molecule has 1 amide bonds. The first-order valence-corrected chi connectivity index (χ1v) is 7.96. The molecule has 3 aromatic rings. The van der Waals surface area contributed by atoms with Crippen molar-refractivity contribution >= 4 is 32.7 Å². The van der Waals surface area contributed by atoms with Crippen LogP contribution in [0.2, 0.25) is 0 Å². The number of rotatable bonds is 4. The highest BCUT2D eigenvalue weighted by Crippen LogP contribution is 2.17. The zero-order valence-electron chi connectivity index (χ0n) is 12.2. The summed E-state index contributed by atoms with van der Waals surface area (Å²) in [5, 5.41) is 3.75. The fourth-order valence-corrected chi connectivity index (χ4v) is 2.83. The molecule has 2 aromatic carbocycles. The molecule has 3 nitrogen and oxygen atoms in total. The molecule has 5 heteroatoms. The summed E-state index contributed by atoms with van der Waals surface area (Å²) in [6, 6.07) is 14.2. The van der Waals surface area contributed by atoms with Crippen LogP contribution in [-0.4, -0.2) is 10.9 Å². The first-order chi connectivity index (χ1) is 11.1. The summed E-state index contributed by atoms with van der Waals surface area (Å²) in [6.45, 7) is 0.155. The molecule has 0 unspecified atom stereocenters. The first-order valence-electron chi connectivity index (χ1n) is 7.17. The van der Waals surface area contributed by atoms with Gasteiger partial charge >= 0.3 is 0 Å². The van der Waals surface area contributed by atoms with Crippen molar-refractivity contribution < 1.29 is 9.18 Å². The molecular formula is C18H14BrFN2O. The van der Waals surface area contributed by atoms with E-state index in [1.165, 1.54) is 6.07 Å². The molecule has 3 rings (SSSR count). The largest absolute Gasteiger partial charge is 0.352 e. The number of nitrogens with zero attached hydrogens (tertiary/aromatic N) is 1. The molecule has 0 aliphatic heterocycles. The normalized spacial score (nSPS) is 10.7. The van der Waals surface area contributed by atoms with Gasteiger partial charge in [-0.25, -0.2) is 4.39 Å². The van der Waals surface area contributed by atoms with E-state index in [4.69, 9.17) is 0 Å². The third kappa shape index (κ3) is 3.74. The van der Waals surface area contributed by atoms with Crippen molar-refractivity contribution in [1.82, 2.24) is 10.3 Å². The van der Waals surface area contributed by atoms with Crippen molar-refractivity contribution in [2.75, 3.05) is 0 Å². The third-order valence-electron chi connectivity index (χ3n) is 3.55. The van der Waals surface area contributed by atoms with Gasteiger partial charge in [0.15, 0.2) is 0 Å². The molecule has 0 radical (unpaired) electrons. The minimum absolute atomic E-state index is 0.155. The Kier molecular flexibility index (Phi) is 4.67. The Morgan fingerprint density at radius 3 is 2.83 bits per heavy atom. The van der Waals surface area contributed by atoms with Gasteiger partial charge in [0.2, 0.25) is 5.91 Å². The van der Waals surface area contributed by atoms with E-state index in [9.17, 15) is 9.18 Å². The molecule has 0 aliphatic rings. The minimum atomic E-state index is -0.333. The second-order valence-corrected chi connectivity index (χ2v) is 6.10. The summed E-state index contributed by atoms with van der Waals surface area (Å²) in [4.78, 5) is 16.5. The standard InChI is InChI=1S/C18H14BrFN2O/c19-15-6-7-16(20)14(9-15)11-22-17(23)10-13-4-1-3-12-5-2-8-21-18(12)13/h1-9H,10-11H2,(H,22,23). The number of carbonyl (C=O) groups is 1. The van der Waals surface area contributed by atoms with Crippen molar-refractivity contribution in [3.05, 3.63) is 76.1 Å². The predicted molar refractivity (Wildman–Crippen MR) is 91.4 cm³/mol. The number of halogens is 2. The van der Waals surface area contributed by atoms with Gasteiger partial charge < -0.3 is 5.32 Å². The van der Waals surface area contributed by atoms with Gasteiger partial charge in [-0.3, -0.25) is 9.78 Å². The Labute approximate surface area is 141 Å². The highest BCUT2D eigenvalue weighted by atomic mass is 79.9. The molecule has 116 valence electrons. The molecule has 0 saturated carbocycles. The van der Waals surface area contributed by atoms with Crippen LogP contribution in [0.4, 0.5) is 4.39 Å². The third-order valence-corrected chi connectivity index (χ3v) is 4.04. The number of pyridine rings is 1. The van der Waals surface area contributed by atoms with E-state index in [1.54, 1.807) is 18.3 Å². The topological polar surface area (TPSA) is 42.0 Å². The number of hydrogen-bond donors (Lipinski definition) is 1. The van der Waals surface area contributed by atoms with Gasteiger partial charge in [-0.05, 0) is 29.8 Å². The maximum absolute atomic E-state index is 13.7. The number of carbonyl (C=O) groups excluding carboxylic acids is 1. The van der Waals surface area contributed by atoms with Crippen molar-refractivity contribution in [3.63, 3.8) is 0 Å². The Bertz CT molecular complexity index is 861. The van der Waals surface area contributed by atoms with E-state index < -0.39 is 0 Å². The highest BCUT2D eigenvalue weighted by Gasteiger charge is 2.09. The fraction of sp³-hybridized carbons (Fsp3) is 0.111. The van der Waals surface area contributed by atoms with Crippen LogP contribution >= 0.6 is 15.9 Å². The number of benzene rings is 2. The number of nitrogens with one attached hydrogen (secondary N) is 1. The van der Waals surface area contributed by atoms with Crippen LogP contribution in [0.3, 0.4) is 0 Å². The Hall–Kier alpha value is -2.27. The first kappa shape index (κ1) is 15.6. The van der Waals surface area contributed by atoms with Crippen LogP contribution in [-0.2, 0) is 17.8 Å². The molecule has 0 bridgehead atoms. The van der Waals surface area contributed by atoms with E-state index in [0.29, 0.717) is 5.56 Å². The van der Waals surface area contributed by atoms with E-state index in [-0.39, 0.29) is 24.7 Å². The molecule has 1 aromatic heterocycles. The van der Waals surface area contributed by atoms with Gasteiger partial charge in [0, 0.05) is 28.2 Å². The van der Waals surface area contributed by atoms with Crippen LogP contribution in [0.15, 0.2) is 59.2 Å². The number of aromatic nitrogens is 1. The maximum Gasteiger partial charge on any atom is 0.224 e. The Balaban J connectivity index is 1.70. The van der Waals surface area contributed by atoms with E-state index >= 15 is 0 Å². The molecule has 0 spiro atoms. The van der Waals surface area contributed by atoms with E-state index in [1.807, 2.05) is 30.3 Å². The molecular weight excluding hydrogens is 359 g/mol. The number of para-hydroxylation sites is 1. The summed E-state index contributed by atoms with van der Waals surface area (Å²) >= 11 is 3.30. The number of hydrogen-bond acceptors (Lipinski definition) is 2. The van der Waals surface area contributed by atoms with Gasteiger partial charge in [0.25, 0.3) is 0 Å². The lowest BCUT2D eigenvalue weighted by molar-refractivity contribution is -0.120. The lowest BCUT2D eigenvalue weighted by Crippen LogP contribution is -2.25. The zero-order valence-corrected chi connectivity index (χ0v) is 13.8. The summed E-state index contributed by atoms with van der Waals surface area (Å²) in [5.41, 5.74) is 2.12. The average Bonchev–Trinajstić information content (AvgIpc) is 2.56. The summed E-state index contributed by atoms with van der Waals surface area (Å²) in [5.74, 6) is -0.497. The van der Waals surface area contributed by atoms with Crippen LogP contribution < -0.4 is 5.32 Å². The Morgan fingerprint density at radius 1 is 1.13 bits per heavy atom. The molecule has 0 atom stereocenters. The van der Waals surface area contributed by atoms with Crippen molar-refractivity contribution in [3.8, 4) is 0 Å². The Morgan fingerprint density at radius 2 is 1.96 bits per heavy atom. The van der Waals surface area contributed by atoms with Gasteiger partial charge in [0.05, 0.1) is 11.9 Å². The predicted octanol–water partition coefficient (Wildman–Crippen LogP) is 4.00. The molecule has 23 heavy (non-hydrogen) atoms. The minimum Gasteiger partial charge on any atom is -0.352 e. The SMILES string of the molecule is O=C(Cc1cccc2cccnc12)NCc1cc(Br)ccc1F. The lowest BCUT2D eigenvalue weighted by atomic mass is 10.1. The average molecular weight is 373 g/mol. The summed E-state index contributed by atoms with van der Waals surface area (Å²) in [6.07, 6.45) is 1.92. The molecule has 0 fully saturated rings. The number of amides is 1.